The first-order valence-electron chi connectivity index (χ1n) is 5.83. The number of anilines is 2. The van der Waals surface area contributed by atoms with Crippen LogP contribution in [0.1, 0.15) is 0 Å². The van der Waals surface area contributed by atoms with Crippen molar-refractivity contribution in [1.29, 1.82) is 0 Å². The lowest BCUT2D eigenvalue weighted by Gasteiger charge is -2.05. The Balaban J connectivity index is 1.96. The van der Waals surface area contributed by atoms with Crippen molar-refractivity contribution in [3.8, 4) is 5.75 Å². The highest BCUT2D eigenvalue weighted by molar-refractivity contribution is 7.22. The molecule has 0 atom stereocenters. The Morgan fingerprint density at radius 2 is 2.05 bits per heavy atom. The van der Waals surface area contributed by atoms with Gasteiger partial charge in [-0.3, -0.25) is 0 Å². The topological polar surface area (TPSA) is 34.1 Å². The molecule has 0 saturated carbocycles. The highest BCUT2D eigenvalue weighted by atomic mass is 35.5. The van der Waals surface area contributed by atoms with E-state index in [0.29, 0.717) is 10.0 Å². The molecular formula is C14H10Cl2N2OS. The zero-order valence-corrected chi connectivity index (χ0v) is 12.8. The molecule has 0 aliphatic carbocycles. The molecule has 0 aliphatic rings. The SMILES string of the molecule is COc1ccc2nc(Nc3cccc(Cl)c3Cl)sc2c1. The van der Waals surface area contributed by atoms with Crippen molar-refractivity contribution in [3.63, 3.8) is 0 Å². The average molecular weight is 325 g/mol. The maximum Gasteiger partial charge on any atom is 0.188 e. The van der Waals surface area contributed by atoms with E-state index in [-0.39, 0.29) is 0 Å². The number of rotatable bonds is 3. The van der Waals surface area contributed by atoms with Gasteiger partial charge in [-0.15, -0.1) is 0 Å². The van der Waals surface area contributed by atoms with E-state index in [0.717, 1.165) is 26.8 Å². The quantitative estimate of drug-likeness (QED) is 0.704. The Labute approximate surface area is 130 Å². The largest absolute Gasteiger partial charge is 0.497 e. The van der Waals surface area contributed by atoms with Gasteiger partial charge < -0.3 is 10.1 Å². The molecule has 0 amide bonds. The Bertz CT molecular complexity index is 773. The summed E-state index contributed by atoms with van der Waals surface area (Å²) in [5.74, 6) is 0.813. The van der Waals surface area contributed by atoms with Gasteiger partial charge in [0.25, 0.3) is 0 Å². The number of nitrogens with one attached hydrogen (secondary N) is 1. The van der Waals surface area contributed by atoms with E-state index in [2.05, 4.69) is 10.3 Å². The molecular weight excluding hydrogens is 315 g/mol. The van der Waals surface area contributed by atoms with Crippen molar-refractivity contribution >= 4 is 55.6 Å². The first-order chi connectivity index (χ1) is 9.67. The molecule has 0 radical (unpaired) electrons. The van der Waals surface area contributed by atoms with Crippen LogP contribution >= 0.6 is 34.5 Å². The molecule has 3 aromatic rings. The fourth-order valence-electron chi connectivity index (χ4n) is 1.80. The van der Waals surface area contributed by atoms with E-state index in [1.165, 1.54) is 11.3 Å². The summed E-state index contributed by atoms with van der Waals surface area (Å²) in [7, 11) is 1.65. The van der Waals surface area contributed by atoms with E-state index in [1.54, 1.807) is 13.2 Å². The predicted molar refractivity (Wildman–Crippen MR) is 85.9 cm³/mol. The Morgan fingerprint density at radius 3 is 2.85 bits per heavy atom. The van der Waals surface area contributed by atoms with Crippen LogP contribution in [0.3, 0.4) is 0 Å². The smallest absolute Gasteiger partial charge is 0.188 e. The van der Waals surface area contributed by atoms with Crippen LogP contribution < -0.4 is 10.1 Å². The van der Waals surface area contributed by atoms with Gasteiger partial charge in [0, 0.05) is 0 Å². The van der Waals surface area contributed by atoms with Gasteiger partial charge in [-0.05, 0) is 30.3 Å². The lowest BCUT2D eigenvalue weighted by atomic mass is 10.3. The number of fused-ring (bicyclic) bond motifs is 1. The van der Waals surface area contributed by atoms with Gasteiger partial charge in [0.05, 0.1) is 33.1 Å². The zero-order valence-electron chi connectivity index (χ0n) is 10.5. The molecule has 102 valence electrons. The van der Waals surface area contributed by atoms with Gasteiger partial charge in [0.2, 0.25) is 0 Å². The van der Waals surface area contributed by atoms with E-state index in [4.69, 9.17) is 27.9 Å². The summed E-state index contributed by atoms with van der Waals surface area (Å²) < 4.78 is 6.25. The van der Waals surface area contributed by atoms with E-state index in [1.807, 2.05) is 30.3 Å². The predicted octanol–water partition coefficient (Wildman–Crippen LogP) is 5.36. The summed E-state index contributed by atoms with van der Waals surface area (Å²) in [5, 5.41) is 4.96. The van der Waals surface area contributed by atoms with Crippen molar-refractivity contribution in [1.82, 2.24) is 4.98 Å². The van der Waals surface area contributed by atoms with Gasteiger partial charge >= 0.3 is 0 Å². The number of halogens is 2. The van der Waals surface area contributed by atoms with E-state index in [9.17, 15) is 0 Å². The Hall–Kier alpha value is -1.49. The lowest BCUT2D eigenvalue weighted by Crippen LogP contribution is -1.90. The Morgan fingerprint density at radius 1 is 1.20 bits per heavy atom. The van der Waals surface area contributed by atoms with Crippen LogP contribution in [-0.2, 0) is 0 Å². The van der Waals surface area contributed by atoms with Crippen LogP contribution in [-0.4, -0.2) is 12.1 Å². The molecule has 2 aromatic carbocycles. The van der Waals surface area contributed by atoms with Crippen LogP contribution in [0.5, 0.6) is 5.75 Å². The van der Waals surface area contributed by atoms with Gasteiger partial charge in [-0.25, -0.2) is 4.98 Å². The summed E-state index contributed by atoms with van der Waals surface area (Å²) in [6.45, 7) is 0. The molecule has 1 aromatic heterocycles. The van der Waals surface area contributed by atoms with Crippen molar-refractivity contribution < 1.29 is 4.74 Å². The fraction of sp³-hybridized carbons (Fsp3) is 0.0714. The number of nitrogens with zero attached hydrogens (tertiary/aromatic N) is 1. The number of benzene rings is 2. The van der Waals surface area contributed by atoms with Crippen LogP contribution in [0.4, 0.5) is 10.8 Å². The summed E-state index contributed by atoms with van der Waals surface area (Å²) in [6.07, 6.45) is 0. The minimum Gasteiger partial charge on any atom is -0.497 e. The molecule has 3 rings (SSSR count). The standard InChI is InChI=1S/C14H10Cl2N2OS/c1-19-8-5-6-10-12(7-8)20-14(17-10)18-11-4-2-3-9(15)13(11)16/h2-7H,1H3,(H,17,18). The third-order valence-electron chi connectivity index (χ3n) is 2.79. The number of aromatic nitrogens is 1. The molecule has 1 heterocycles. The molecule has 20 heavy (non-hydrogen) atoms. The maximum absolute atomic E-state index is 6.15. The minimum absolute atomic E-state index is 0.492. The molecule has 6 heteroatoms. The summed E-state index contributed by atoms with van der Waals surface area (Å²) in [6, 6.07) is 11.2. The fourth-order valence-corrected chi connectivity index (χ4v) is 3.06. The number of methoxy groups -OCH3 is 1. The monoisotopic (exact) mass is 324 g/mol. The number of hydrogen-bond donors (Lipinski definition) is 1. The van der Waals surface area contributed by atoms with Gasteiger partial charge in [0.15, 0.2) is 5.13 Å². The molecule has 0 saturated heterocycles. The van der Waals surface area contributed by atoms with Gasteiger partial charge in [0.1, 0.15) is 5.75 Å². The Kier molecular flexibility index (Phi) is 3.70. The highest BCUT2D eigenvalue weighted by Gasteiger charge is 2.08. The molecule has 1 N–H and O–H groups in total. The van der Waals surface area contributed by atoms with Crippen molar-refractivity contribution in [2.75, 3.05) is 12.4 Å². The minimum atomic E-state index is 0.492. The third kappa shape index (κ3) is 2.54. The van der Waals surface area contributed by atoms with Crippen LogP contribution in [0, 0.1) is 0 Å². The van der Waals surface area contributed by atoms with Crippen molar-refractivity contribution in [2.24, 2.45) is 0 Å². The highest BCUT2D eigenvalue weighted by Crippen LogP contribution is 2.35. The average Bonchev–Trinajstić information content (AvgIpc) is 2.85. The number of hydrogen-bond acceptors (Lipinski definition) is 4. The zero-order chi connectivity index (χ0) is 14.1. The van der Waals surface area contributed by atoms with Crippen LogP contribution in [0.2, 0.25) is 10.0 Å². The van der Waals surface area contributed by atoms with Crippen LogP contribution in [0.15, 0.2) is 36.4 Å². The third-order valence-corrected chi connectivity index (χ3v) is 4.54. The molecule has 0 fully saturated rings. The normalized spacial score (nSPS) is 10.8. The second-order valence-corrected chi connectivity index (χ2v) is 5.89. The lowest BCUT2D eigenvalue weighted by molar-refractivity contribution is 0.415. The number of ether oxygens (including phenoxy) is 1. The molecule has 0 aliphatic heterocycles. The number of thiazole rings is 1. The first kappa shape index (κ1) is 13.5. The second kappa shape index (κ2) is 5.48. The van der Waals surface area contributed by atoms with Crippen molar-refractivity contribution in [2.45, 2.75) is 0 Å². The summed E-state index contributed by atoms with van der Waals surface area (Å²) >= 11 is 13.7. The molecule has 0 unspecified atom stereocenters. The summed E-state index contributed by atoms with van der Waals surface area (Å²) in [5.41, 5.74) is 1.65. The van der Waals surface area contributed by atoms with Crippen molar-refractivity contribution in [3.05, 3.63) is 46.4 Å². The van der Waals surface area contributed by atoms with Gasteiger partial charge in [-0.2, -0.15) is 0 Å². The summed E-state index contributed by atoms with van der Waals surface area (Å²) in [4.78, 5) is 4.50. The van der Waals surface area contributed by atoms with Gasteiger partial charge in [-0.1, -0.05) is 40.6 Å². The van der Waals surface area contributed by atoms with E-state index < -0.39 is 0 Å². The first-order valence-corrected chi connectivity index (χ1v) is 7.40. The molecule has 0 bridgehead atoms. The second-order valence-electron chi connectivity index (χ2n) is 4.08. The molecule has 3 nitrogen and oxygen atoms in total. The van der Waals surface area contributed by atoms with E-state index >= 15 is 0 Å². The maximum atomic E-state index is 6.15. The molecule has 0 spiro atoms. The van der Waals surface area contributed by atoms with Crippen LogP contribution in [0.25, 0.3) is 10.2 Å².